The number of rotatable bonds is 5. The first-order chi connectivity index (χ1) is 9.58. The van der Waals surface area contributed by atoms with E-state index in [1.165, 1.54) is 0 Å². The summed E-state index contributed by atoms with van der Waals surface area (Å²) in [6, 6.07) is 3.33. The number of amides is 1. The van der Waals surface area contributed by atoms with Gasteiger partial charge in [0.1, 0.15) is 0 Å². The Hall–Kier alpha value is -2.21. The highest BCUT2D eigenvalue weighted by Crippen LogP contribution is 2.12. The van der Waals surface area contributed by atoms with Crippen molar-refractivity contribution in [3.63, 3.8) is 0 Å². The molecule has 0 saturated heterocycles. The van der Waals surface area contributed by atoms with E-state index in [0.29, 0.717) is 0 Å². The smallest absolute Gasteiger partial charge is 0.241 e. The van der Waals surface area contributed by atoms with Crippen LogP contribution in [-0.4, -0.2) is 26.9 Å². The number of H-pyrrole nitrogens is 1. The minimum atomic E-state index is -0.326. The topological polar surface area (TPSA) is 82.7 Å². The van der Waals surface area contributed by atoms with Crippen LogP contribution in [0.25, 0.3) is 0 Å². The zero-order valence-corrected chi connectivity index (χ0v) is 11.8. The highest BCUT2D eigenvalue weighted by molar-refractivity contribution is 5.94. The zero-order valence-electron chi connectivity index (χ0n) is 11.8. The third-order valence-corrected chi connectivity index (χ3v) is 3.14. The number of imidazole rings is 1. The average Bonchev–Trinajstić information content (AvgIpc) is 2.95. The summed E-state index contributed by atoms with van der Waals surface area (Å²) in [5.41, 5.74) is 2.48. The van der Waals surface area contributed by atoms with Crippen LogP contribution in [0.5, 0.6) is 0 Å². The Balaban J connectivity index is 1.94. The number of carbonyl (C=O) groups excluding carboxylic acids is 1. The molecule has 6 heteroatoms. The molecule has 2 atom stereocenters. The van der Waals surface area contributed by atoms with Crippen molar-refractivity contribution < 1.29 is 4.79 Å². The van der Waals surface area contributed by atoms with Gasteiger partial charge in [-0.3, -0.25) is 15.1 Å². The summed E-state index contributed by atoms with van der Waals surface area (Å²) in [5, 5.41) is 6.09. The quantitative estimate of drug-likeness (QED) is 0.775. The summed E-state index contributed by atoms with van der Waals surface area (Å²) in [4.78, 5) is 23.3. The summed E-state index contributed by atoms with van der Waals surface area (Å²) in [5.74, 6) is -0.0903. The molecular formula is C14H19N5O. The fourth-order valence-corrected chi connectivity index (χ4v) is 1.90. The lowest BCUT2D eigenvalue weighted by atomic mass is 10.2. The second-order valence-corrected chi connectivity index (χ2v) is 4.74. The van der Waals surface area contributed by atoms with Gasteiger partial charge in [-0.1, -0.05) is 0 Å². The maximum atomic E-state index is 12.1. The fraction of sp³-hybridized carbons (Fsp3) is 0.357. The Bertz CT molecular complexity index is 567. The third kappa shape index (κ3) is 3.42. The number of aryl methyl sites for hydroxylation is 1. The number of hydrogen-bond donors (Lipinski definition) is 3. The van der Waals surface area contributed by atoms with Gasteiger partial charge in [0.05, 0.1) is 29.4 Å². The van der Waals surface area contributed by atoms with Crippen LogP contribution in [0.4, 0.5) is 5.69 Å². The van der Waals surface area contributed by atoms with Crippen LogP contribution >= 0.6 is 0 Å². The van der Waals surface area contributed by atoms with Gasteiger partial charge in [0.15, 0.2) is 0 Å². The highest BCUT2D eigenvalue weighted by Gasteiger charge is 2.17. The fourth-order valence-electron chi connectivity index (χ4n) is 1.90. The predicted octanol–water partition coefficient (Wildman–Crippen LogP) is 1.79. The lowest BCUT2D eigenvalue weighted by Crippen LogP contribution is -2.39. The van der Waals surface area contributed by atoms with Gasteiger partial charge in [-0.25, -0.2) is 4.98 Å². The number of aromatic amines is 1. The Kier molecular flexibility index (Phi) is 4.47. The number of pyridine rings is 1. The van der Waals surface area contributed by atoms with Gasteiger partial charge in [0, 0.05) is 18.4 Å². The van der Waals surface area contributed by atoms with E-state index in [2.05, 4.69) is 25.6 Å². The van der Waals surface area contributed by atoms with Crippen LogP contribution < -0.4 is 10.6 Å². The summed E-state index contributed by atoms with van der Waals surface area (Å²) in [7, 11) is 0. The van der Waals surface area contributed by atoms with Crippen molar-refractivity contribution in [1.82, 2.24) is 20.3 Å². The molecule has 2 aromatic rings. The number of nitrogens with one attached hydrogen (secondary N) is 3. The molecule has 0 bridgehead atoms. The van der Waals surface area contributed by atoms with Crippen LogP contribution in [0, 0.1) is 6.92 Å². The molecule has 2 aromatic heterocycles. The molecule has 106 valence electrons. The Morgan fingerprint density at radius 3 is 2.85 bits per heavy atom. The monoisotopic (exact) mass is 273 g/mol. The lowest BCUT2D eigenvalue weighted by molar-refractivity contribution is -0.117. The number of anilines is 1. The van der Waals surface area contributed by atoms with Crippen molar-refractivity contribution in [2.75, 3.05) is 5.32 Å². The van der Waals surface area contributed by atoms with E-state index in [0.717, 1.165) is 17.1 Å². The molecule has 0 radical (unpaired) electrons. The number of carbonyl (C=O) groups is 1. The van der Waals surface area contributed by atoms with Gasteiger partial charge in [0.25, 0.3) is 0 Å². The Morgan fingerprint density at radius 1 is 1.40 bits per heavy atom. The van der Waals surface area contributed by atoms with Crippen molar-refractivity contribution in [3.05, 3.63) is 42.2 Å². The number of nitrogens with zero attached hydrogens (tertiary/aromatic N) is 2. The third-order valence-electron chi connectivity index (χ3n) is 3.14. The molecule has 0 aliphatic rings. The molecule has 0 aromatic carbocycles. The molecule has 20 heavy (non-hydrogen) atoms. The van der Waals surface area contributed by atoms with Crippen LogP contribution in [-0.2, 0) is 4.79 Å². The second kappa shape index (κ2) is 6.29. The predicted molar refractivity (Wildman–Crippen MR) is 77.2 cm³/mol. The standard InChI is InChI=1S/C14H19N5O/c1-9-12(5-4-6-16-9)19-14(20)11(3)18-10(2)13-7-15-8-17-13/h4-8,10-11,18H,1-3H3,(H,15,17)(H,19,20)/t10?,11-/m0/s1. The molecule has 1 unspecified atom stereocenters. The van der Waals surface area contributed by atoms with Gasteiger partial charge in [0.2, 0.25) is 5.91 Å². The van der Waals surface area contributed by atoms with Crippen molar-refractivity contribution in [2.45, 2.75) is 32.9 Å². The number of aromatic nitrogens is 3. The summed E-state index contributed by atoms with van der Waals surface area (Å²) >= 11 is 0. The van der Waals surface area contributed by atoms with Gasteiger partial charge in [-0.05, 0) is 32.9 Å². The highest BCUT2D eigenvalue weighted by atomic mass is 16.2. The van der Waals surface area contributed by atoms with Gasteiger partial charge < -0.3 is 10.3 Å². The summed E-state index contributed by atoms with van der Waals surface area (Å²) in [6.45, 7) is 5.67. The molecule has 0 aliphatic heterocycles. The Labute approximate surface area is 118 Å². The molecule has 0 saturated carbocycles. The van der Waals surface area contributed by atoms with Crippen molar-refractivity contribution >= 4 is 11.6 Å². The molecule has 2 heterocycles. The molecule has 6 nitrogen and oxygen atoms in total. The number of hydrogen-bond acceptors (Lipinski definition) is 4. The maximum Gasteiger partial charge on any atom is 0.241 e. The maximum absolute atomic E-state index is 12.1. The van der Waals surface area contributed by atoms with E-state index in [9.17, 15) is 4.79 Å². The second-order valence-electron chi connectivity index (χ2n) is 4.74. The van der Waals surface area contributed by atoms with E-state index in [-0.39, 0.29) is 18.0 Å². The molecule has 0 aliphatic carbocycles. The normalized spacial score (nSPS) is 13.8. The molecule has 3 N–H and O–H groups in total. The summed E-state index contributed by atoms with van der Waals surface area (Å²) < 4.78 is 0. The van der Waals surface area contributed by atoms with Gasteiger partial charge in [-0.15, -0.1) is 0 Å². The summed E-state index contributed by atoms with van der Waals surface area (Å²) in [6.07, 6.45) is 5.07. The van der Waals surface area contributed by atoms with E-state index in [1.54, 1.807) is 24.8 Å². The largest absolute Gasteiger partial charge is 0.347 e. The van der Waals surface area contributed by atoms with E-state index < -0.39 is 0 Å². The van der Waals surface area contributed by atoms with Crippen LogP contribution in [0.15, 0.2) is 30.9 Å². The van der Waals surface area contributed by atoms with Crippen molar-refractivity contribution in [2.24, 2.45) is 0 Å². The van der Waals surface area contributed by atoms with E-state index in [4.69, 9.17) is 0 Å². The molecule has 0 fully saturated rings. The van der Waals surface area contributed by atoms with Crippen LogP contribution in [0.3, 0.4) is 0 Å². The first kappa shape index (κ1) is 14.2. The average molecular weight is 273 g/mol. The van der Waals surface area contributed by atoms with E-state index >= 15 is 0 Å². The first-order valence-corrected chi connectivity index (χ1v) is 6.54. The van der Waals surface area contributed by atoms with Crippen molar-refractivity contribution in [3.8, 4) is 0 Å². The molecule has 1 amide bonds. The lowest BCUT2D eigenvalue weighted by Gasteiger charge is -2.19. The van der Waals surface area contributed by atoms with E-state index in [1.807, 2.05) is 26.8 Å². The van der Waals surface area contributed by atoms with Crippen LogP contribution in [0.2, 0.25) is 0 Å². The Morgan fingerprint density at radius 2 is 2.20 bits per heavy atom. The molecule has 0 spiro atoms. The first-order valence-electron chi connectivity index (χ1n) is 6.54. The molecular weight excluding hydrogens is 254 g/mol. The van der Waals surface area contributed by atoms with Gasteiger partial charge in [-0.2, -0.15) is 0 Å². The minimum Gasteiger partial charge on any atom is -0.347 e. The van der Waals surface area contributed by atoms with Crippen molar-refractivity contribution in [1.29, 1.82) is 0 Å². The SMILES string of the molecule is Cc1ncccc1NC(=O)[C@H](C)NC(C)c1cnc[nH]1. The van der Waals surface area contributed by atoms with Crippen LogP contribution in [0.1, 0.15) is 31.3 Å². The minimum absolute atomic E-state index is 0.0215. The molecule has 2 rings (SSSR count). The zero-order chi connectivity index (χ0) is 14.5. The van der Waals surface area contributed by atoms with Gasteiger partial charge >= 0.3 is 0 Å².